The van der Waals surface area contributed by atoms with Crippen molar-refractivity contribution in [2.45, 2.75) is 20.8 Å². The Bertz CT molecular complexity index is 680. The summed E-state index contributed by atoms with van der Waals surface area (Å²) in [4.78, 5) is 10.7. The van der Waals surface area contributed by atoms with Crippen LogP contribution in [0.2, 0.25) is 0 Å². The van der Waals surface area contributed by atoms with Gasteiger partial charge in [-0.2, -0.15) is 0 Å². The highest BCUT2D eigenvalue weighted by Crippen LogP contribution is 2.26. The average molecular weight is 363 g/mol. The van der Waals surface area contributed by atoms with Gasteiger partial charge in [-0.05, 0) is 77.7 Å². The summed E-state index contributed by atoms with van der Waals surface area (Å²) >= 11 is 3.39. The van der Waals surface area contributed by atoms with E-state index in [0.717, 1.165) is 22.1 Å². The first-order chi connectivity index (χ1) is 10.5. The molecule has 4 heteroatoms. The SMILES string of the molecule is Cc1cc(C)c(C)c(OCCOc2ccc(C=O)cc2Br)c1. The molecule has 0 heterocycles. The zero-order valence-electron chi connectivity index (χ0n) is 13.0. The molecule has 0 atom stereocenters. The van der Waals surface area contributed by atoms with Crippen molar-refractivity contribution >= 4 is 22.2 Å². The fourth-order valence-corrected chi connectivity index (χ4v) is 2.67. The minimum absolute atomic E-state index is 0.436. The van der Waals surface area contributed by atoms with Gasteiger partial charge in [0, 0.05) is 5.56 Å². The second kappa shape index (κ2) is 7.45. The van der Waals surface area contributed by atoms with Gasteiger partial charge in [0.2, 0.25) is 0 Å². The summed E-state index contributed by atoms with van der Waals surface area (Å²) in [6.45, 7) is 7.09. The highest BCUT2D eigenvalue weighted by molar-refractivity contribution is 9.10. The van der Waals surface area contributed by atoms with Gasteiger partial charge in [-0.15, -0.1) is 0 Å². The van der Waals surface area contributed by atoms with Gasteiger partial charge in [-0.1, -0.05) is 6.07 Å². The van der Waals surface area contributed by atoms with Gasteiger partial charge in [0.05, 0.1) is 4.47 Å². The lowest BCUT2D eigenvalue weighted by Gasteiger charge is -2.13. The first-order valence-corrected chi connectivity index (χ1v) is 7.88. The van der Waals surface area contributed by atoms with Crippen molar-refractivity contribution in [3.05, 3.63) is 57.1 Å². The number of hydrogen-bond acceptors (Lipinski definition) is 3. The number of carbonyl (C=O) groups is 1. The molecule has 0 aliphatic carbocycles. The predicted octanol–water partition coefficient (Wildman–Crippen LogP) is 4.64. The lowest BCUT2D eigenvalue weighted by atomic mass is 10.1. The molecule has 0 spiro atoms. The number of aryl methyl sites for hydroxylation is 2. The number of halogens is 1. The minimum atomic E-state index is 0.436. The number of aldehydes is 1. The fourth-order valence-electron chi connectivity index (χ4n) is 2.16. The number of ether oxygens (including phenoxy) is 2. The molecule has 0 saturated carbocycles. The Balaban J connectivity index is 1.91. The summed E-state index contributed by atoms with van der Waals surface area (Å²) in [6.07, 6.45) is 0.806. The molecule has 2 aromatic rings. The van der Waals surface area contributed by atoms with Crippen LogP contribution in [0.25, 0.3) is 0 Å². The Labute approximate surface area is 139 Å². The zero-order chi connectivity index (χ0) is 16.1. The lowest BCUT2D eigenvalue weighted by Crippen LogP contribution is -2.10. The molecule has 0 amide bonds. The maximum absolute atomic E-state index is 10.7. The predicted molar refractivity (Wildman–Crippen MR) is 91.2 cm³/mol. The van der Waals surface area contributed by atoms with Crippen molar-refractivity contribution in [2.24, 2.45) is 0 Å². The van der Waals surface area contributed by atoms with E-state index in [-0.39, 0.29) is 0 Å². The summed E-state index contributed by atoms with van der Waals surface area (Å²) < 4.78 is 12.2. The molecule has 0 unspecified atom stereocenters. The Morgan fingerprint density at radius 3 is 2.32 bits per heavy atom. The molecule has 0 N–H and O–H groups in total. The van der Waals surface area contributed by atoms with E-state index in [1.807, 2.05) is 6.07 Å². The Morgan fingerprint density at radius 2 is 1.68 bits per heavy atom. The van der Waals surface area contributed by atoms with Gasteiger partial charge in [-0.25, -0.2) is 0 Å². The fraction of sp³-hybridized carbons (Fsp3) is 0.278. The Morgan fingerprint density at radius 1 is 1.00 bits per heavy atom. The first kappa shape index (κ1) is 16.6. The molecule has 0 bridgehead atoms. The van der Waals surface area contributed by atoms with Crippen LogP contribution in [0, 0.1) is 20.8 Å². The maximum Gasteiger partial charge on any atom is 0.150 e. The number of hydrogen-bond donors (Lipinski definition) is 0. The van der Waals surface area contributed by atoms with Gasteiger partial charge < -0.3 is 9.47 Å². The van der Waals surface area contributed by atoms with Crippen molar-refractivity contribution < 1.29 is 14.3 Å². The van der Waals surface area contributed by atoms with Crippen LogP contribution >= 0.6 is 15.9 Å². The standard InChI is InChI=1S/C18H19BrO3/c1-12-8-13(2)14(3)18(9-12)22-7-6-21-17-5-4-15(11-20)10-16(17)19/h4-5,8-11H,6-7H2,1-3H3. The summed E-state index contributed by atoms with van der Waals surface area (Å²) in [5.74, 6) is 1.60. The van der Waals surface area contributed by atoms with E-state index in [4.69, 9.17) is 9.47 Å². The van der Waals surface area contributed by atoms with Crippen LogP contribution in [0.15, 0.2) is 34.8 Å². The maximum atomic E-state index is 10.7. The molecule has 116 valence electrons. The number of carbonyl (C=O) groups excluding carboxylic acids is 1. The van der Waals surface area contributed by atoms with E-state index in [2.05, 4.69) is 42.8 Å². The van der Waals surface area contributed by atoms with E-state index in [9.17, 15) is 4.79 Å². The van der Waals surface area contributed by atoms with E-state index in [0.29, 0.717) is 24.5 Å². The monoisotopic (exact) mass is 362 g/mol. The molecule has 0 saturated heterocycles. The largest absolute Gasteiger partial charge is 0.490 e. The van der Waals surface area contributed by atoms with Crippen molar-refractivity contribution in [3.8, 4) is 11.5 Å². The van der Waals surface area contributed by atoms with Crippen molar-refractivity contribution in [2.75, 3.05) is 13.2 Å². The molecule has 2 aromatic carbocycles. The van der Waals surface area contributed by atoms with Gasteiger partial charge in [0.25, 0.3) is 0 Å². The Hall–Kier alpha value is -1.81. The molecular formula is C18H19BrO3. The van der Waals surface area contributed by atoms with Crippen molar-refractivity contribution in [3.63, 3.8) is 0 Å². The number of rotatable bonds is 6. The molecule has 0 aliphatic heterocycles. The highest BCUT2D eigenvalue weighted by atomic mass is 79.9. The molecule has 2 rings (SSSR count). The van der Waals surface area contributed by atoms with Gasteiger partial charge in [0.15, 0.2) is 0 Å². The third kappa shape index (κ3) is 4.10. The normalized spacial score (nSPS) is 10.4. The second-order valence-corrected chi connectivity index (χ2v) is 6.06. The van der Waals surface area contributed by atoms with Crippen molar-refractivity contribution in [1.82, 2.24) is 0 Å². The number of benzene rings is 2. The first-order valence-electron chi connectivity index (χ1n) is 7.09. The van der Waals surface area contributed by atoms with Crippen LogP contribution in [0.4, 0.5) is 0 Å². The molecule has 0 aliphatic rings. The van der Waals surface area contributed by atoms with Crippen LogP contribution in [-0.4, -0.2) is 19.5 Å². The van der Waals surface area contributed by atoms with Crippen molar-refractivity contribution in [1.29, 1.82) is 0 Å². The van der Waals surface area contributed by atoms with Crippen LogP contribution in [-0.2, 0) is 0 Å². The zero-order valence-corrected chi connectivity index (χ0v) is 14.6. The van der Waals surface area contributed by atoms with Crippen LogP contribution in [0.3, 0.4) is 0 Å². The summed E-state index contributed by atoms with van der Waals surface area (Å²) in [5, 5.41) is 0. The third-order valence-electron chi connectivity index (χ3n) is 3.45. The molecule has 0 fully saturated rings. The van der Waals surface area contributed by atoms with Crippen LogP contribution in [0.1, 0.15) is 27.0 Å². The summed E-state index contributed by atoms with van der Waals surface area (Å²) in [5.41, 5.74) is 4.18. The molecular weight excluding hydrogens is 344 g/mol. The highest BCUT2D eigenvalue weighted by Gasteiger charge is 2.05. The molecule has 0 aromatic heterocycles. The molecule has 3 nitrogen and oxygen atoms in total. The molecule has 22 heavy (non-hydrogen) atoms. The quantitative estimate of drug-likeness (QED) is 0.554. The summed E-state index contributed by atoms with van der Waals surface area (Å²) in [7, 11) is 0. The van der Waals surface area contributed by atoms with E-state index < -0.39 is 0 Å². The van der Waals surface area contributed by atoms with Crippen LogP contribution < -0.4 is 9.47 Å². The lowest BCUT2D eigenvalue weighted by molar-refractivity contribution is 0.112. The summed E-state index contributed by atoms with van der Waals surface area (Å²) in [6, 6.07) is 9.41. The second-order valence-electron chi connectivity index (χ2n) is 5.21. The van der Waals surface area contributed by atoms with E-state index in [1.165, 1.54) is 11.1 Å². The van der Waals surface area contributed by atoms with Gasteiger partial charge >= 0.3 is 0 Å². The van der Waals surface area contributed by atoms with E-state index in [1.54, 1.807) is 18.2 Å². The third-order valence-corrected chi connectivity index (χ3v) is 4.07. The van der Waals surface area contributed by atoms with Gasteiger partial charge in [-0.3, -0.25) is 4.79 Å². The minimum Gasteiger partial charge on any atom is -0.490 e. The smallest absolute Gasteiger partial charge is 0.150 e. The topological polar surface area (TPSA) is 35.5 Å². The van der Waals surface area contributed by atoms with Crippen LogP contribution in [0.5, 0.6) is 11.5 Å². The average Bonchev–Trinajstić information content (AvgIpc) is 2.49. The Kier molecular flexibility index (Phi) is 5.61. The molecule has 0 radical (unpaired) electrons. The van der Waals surface area contributed by atoms with Gasteiger partial charge in [0.1, 0.15) is 31.0 Å². The van der Waals surface area contributed by atoms with E-state index >= 15 is 0 Å².